The third-order valence-corrected chi connectivity index (χ3v) is 3.12. The van der Waals surface area contributed by atoms with E-state index in [1.54, 1.807) is 0 Å². The molecule has 0 bridgehead atoms. The minimum Gasteiger partial charge on any atom is -0.354 e. The molecule has 0 aliphatic heterocycles. The minimum atomic E-state index is 0.440. The lowest BCUT2D eigenvalue weighted by Gasteiger charge is -2.29. The summed E-state index contributed by atoms with van der Waals surface area (Å²) in [6.45, 7) is 7.51. The number of hydrogen-bond acceptors (Lipinski definition) is 5. The zero-order valence-electron chi connectivity index (χ0n) is 10.8. The van der Waals surface area contributed by atoms with Gasteiger partial charge in [-0.15, -0.1) is 0 Å². The van der Waals surface area contributed by atoms with Gasteiger partial charge in [0.15, 0.2) is 0 Å². The Morgan fingerprint density at radius 1 is 1.53 bits per heavy atom. The largest absolute Gasteiger partial charge is 0.354 e. The topological polar surface area (TPSA) is 67.1 Å². The third kappa shape index (κ3) is 2.85. The molecule has 5 nitrogen and oxygen atoms in total. The highest BCUT2D eigenvalue weighted by Crippen LogP contribution is 2.32. The summed E-state index contributed by atoms with van der Waals surface area (Å²) in [4.78, 5) is 10.9. The molecule has 0 saturated heterocycles. The fourth-order valence-electron chi connectivity index (χ4n) is 1.91. The Hall–Kier alpha value is -1.36. The zero-order valence-corrected chi connectivity index (χ0v) is 10.8. The Balaban J connectivity index is 2.26. The summed E-state index contributed by atoms with van der Waals surface area (Å²) >= 11 is 0. The van der Waals surface area contributed by atoms with Crippen molar-refractivity contribution in [3.63, 3.8) is 0 Å². The normalized spacial score (nSPS) is 15.1. The molecule has 0 unspecified atom stereocenters. The summed E-state index contributed by atoms with van der Waals surface area (Å²) in [5, 5.41) is 0. The second kappa shape index (κ2) is 4.87. The van der Waals surface area contributed by atoms with E-state index in [0.29, 0.717) is 12.0 Å². The summed E-state index contributed by atoms with van der Waals surface area (Å²) < 4.78 is 0. The number of aromatic nitrogens is 2. The molecule has 1 fully saturated rings. The van der Waals surface area contributed by atoms with Gasteiger partial charge in [0, 0.05) is 24.3 Å². The first kappa shape index (κ1) is 12.1. The summed E-state index contributed by atoms with van der Waals surface area (Å²) in [6, 6.07) is 0.440. The van der Waals surface area contributed by atoms with Crippen molar-refractivity contribution in [1.82, 2.24) is 9.97 Å². The molecule has 0 amide bonds. The molecule has 0 spiro atoms. The van der Waals surface area contributed by atoms with Crippen LogP contribution in [0.1, 0.15) is 32.3 Å². The maximum absolute atomic E-state index is 5.37. The van der Waals surface area contributed by atoms with Crippen LogP contribution >= 0.6 is 0 Å². The molecule has 17 heavy (non-hydrogen) atoms. The van der Waals surface area contributed by atoms with E-state index in [9.17, 15) is 0 Å². The molecule has 1 saturated carbocycles. The van der Waals surface area contributed by atoms with Gasteiger partial charge in [-0.2, -0.15) is 4.98 Å². The van der Waals surface area contributed by atoms with Crippen LogP contribution in [0.5, 0.6) is 0 Å². The number of nitrogens with two attached hydrogens (primary N) is 1. The highest BCUT2D eigenvalue weighted by molar-refractivity contribution is 5.49. The van der Waals surface area contributed by atoms with E-state index in [2.05, 4.69) is 34.1 Å². The standard InChI is InChI=1S/C12H21N5/c1-8(2)17(7-10-4-5-10)11-9(3)6-14-12(15-11)16-13/h6,8,10H,4-5,7,13H2,1-3H3,(H,14,15,16). The Kier molecular flexibility index (Phi) is 3.47. The fraction of sp³-hybridized carbons (Fsp3) is 0.667. The van der Waals surface area contributed by atoms with Crippen LogP contribution in [-0.2, 0) is 0 Å². The lowest BCUT2D eigenvalue weighted by atomic mass is 10.2. The van der Waals surface area contributed by atoms with Crippen LogP contribution in [0, 0.1) is 12.8 Å². The molecule has 2 rings (SSSR count). The van der Waals surface area contributed by atoms with Gasteiger partial charge in [0.05, 0.1) is 0 Å². The summed E-state index contributed by atoms with van der Waals surface area (Å²) in [6.07, 6.45) is 4.50. The van der Waals surface area contributed by atoms with Crippen molar-refractivity contribution in [3.8, 4) is 0 Å². The fourth-order valence-corrected chi connectivity index (χ4v) is 1.91. The number of hydrazine groups is 1. The van der Waals surface area contributed by atoms with E-state index in [4.69, 9.17) is 5.84 Å². The second-order valence-electron chi connectivity index (χ2n) is 5.03. The van der Waals surface area contributed by atoms with Crippen LogP contribution in [0.3, 0.4) is 0 Å². The van der Waals surface area contributed by atoms with Gasteiger partial charge in [0.25, 0.3) is 0 Å². The molecule has 5 heteroatoms. The van der Waals surface area contributed by atoms with Gasteiger partial charge >= 0.3 is 0 Å². The third-order valence-electron chi connectivity index (χ3n) is 3.12. The van der Waals surface area contributed by atoms with Gasteiger partial charge in [-0.05, 0) is 39.5 Å². The molecular formula is C12H21N5. The van der Waals surface area contributed by atoms with Crippen molar-refractivity contribution in [1.29, 1.82) is 0 Å². The molecule has 1 aromatic heterocycles. The van der Waals surface area contributed by atoms with E-state index in [1.165, 1.54) is 12.8 Å². The molecule has 1 aromatic rings. The second-order valence-corrected chi connectivity index (χ2v) is 5.03. The Morgan fingerprint density at radius 2 is 2.24 bits per heavy atom. The quantitative estimate of drug-likeness (QED) is 0.600. The van der Waals surface area contributed by atoms with Crippen LogP contribution in [0.4, 0.5) is 11.8 Å². The maximum atomic E-state index is 5.37. The van der Waals surface area contributed by atoms with Crippen LogP contribution in [-0.4, -0.2) is 22.6 Å². The van der Waals surface area contributed by atoms with Crippen LogP contribution in [0.2, 0.25) is 0 Å². The molecule has 0 atom stereocenters. The predicted molar refractivity (Wildman–Crippen MR) is 69.8 cm³/mol. The number of rotatable bonds is 5. The summed E-state index contributed by atoms with van der Waals surface area (Å²) in [5.74, 6) is 7.67. The monoisotopic (exact) mass is 235 g/mol. The van der Waals surface area contributed by atoms with Crippen molar-refractivity contribution in [3.05, 3.63) is 11.8 Å². The highest BCUT2D eigenvalue weighted by Gasteiger charge is 2.27. The molecular weight excluding hydrogens is 214 g/mol. The molecule has 1 aliphatic rings. The smallest absolute Gasteiger partial charge is 0.239 e. The Labute approximate surface area is 102 Å². The predicted octanol–water partition coefficient (Wildman–Crippen LogP) is 1.70. The average Bonchev–Trinajstić information content (AvgIpc) is 3.10. The van der Waals surface area contributed by atoms with Gasteiger partial charge in [-0.3, -0.25) is 5.43 Å². The van der Waals surface area contributed by atoms with Gasteiger partial charge in [0.1, 0.15) is 5.82 Å². The van der Waals surface area contributed by atoms with Gasteiger partial charge in [-0.1, -0.05) is 0 Å². The van der Waals surface area contributed by atoms with E-state index >= 15 is 0 Å². The first-order chi connectivity index (χ1) is 8.11. The van der Waals surface area contributed by atoms with E-state index < -0.39 is 0 Å². The first-order valence-corrected chi connectivity index (χ1v) is 6.18. The molecule has 94 valence electrons. The van der Waals surface area contributed by atoms with Crippen molar-refractivity contribution in [2.45, 2.75) is 39.7 Å². The van der Waals surface area contributed by atoms with E-state index in [1.807, 2.05) is 13.1 Å². The van der Waals surface area contributed by atoms with Crippen LogP contribution < -0.4 is 16.2 Å². The number of aryl methyl sites for hydroxylation is 1. The molecule has 1 heterocycles. The summed E-state index contributed by atoms with van der Waals surface area (Å²) in [5.41, 5.74) is 3.60. The lowest BCUT2D eigenvalue weighted by molar-refractivity contribution is 0.634. The Morgan fingerprint density at radius 3 is 2.76 bits per heavy atom. The van der Waals surface area contributed by atoms with E-state index in [-0.39, 0.29) is 0 Å². The van der Waals surface area contributed by atoms with Gasteiger partial charge in [0.2, 0.25) is 5.95 Å². The number of hydrogen-bond donors (Lipinski definition) is 2. The van der Waals surface area contributed by atoms with Crippen molar-refractivity contribution < 1.29 is 0 Å². The first-order valence-electron chi connectivity index (χ1n) is 6.18. The number of nitrogen functional groups attached to an aromatic ring is 1. The number of anilines is 2. The van der Waals surface area contributed by atoms with Gasteiger partial charge in [-0.25, -0.2) is 10.8 Å². The average molecular weight is 235 g/mol. The van der Waals surface area contributed by atoms with E-state index in [0.717, 1.165) is 23.8 Å². The van der Waals surface area contributed by atoms with Crippen LogP contribution in [0.15, 0.2) is 6.20 Å². The number of nitrogens with zero attached hydrogens (tertiary/aromatic N) is 3. The highest BCUT2D eigenvalue weighted by atomic mass is 15.3. The SMILES string of the molecule is Cc1cnc(NN)nc1N(CC1CC1)C(C)C. The number of nitrogens with one attached hydrogen (secondary N) is 1. The molecule has 1 aliphatic carbocycles. The van der Waals surface area contributed by atoms with Gasteiger partial charge < -0.3 is 4.90 Å². The lowest BCUT2D eigenvalue weighted by Crippen LogP contribution is -2.34. The minimum absolute atomic E-state index is 0.440. The van der Waals surface area contributed by atoms with Crippen LogP contribution in [0.25, 0.3) is 0 Å². The van der Waals surface area contributed by atoms with Crippen molar-refractivity contribution in [2.75, 3.05) is 16.9 Å². The maximum Gasteiger partial charge on any atom is 0.239 e. The zero-order chi connectivity index (χ0) is 12.4. The summed E-state index contributed by atoms with van der Waals surface area (Å²) in [7, 11) is 0. The molecule has 3 N–H and O–H groups in total. The van der Waals surface area contributed by atoms with Crippen molar-refractivity contribution >= 4 is 11.8 Å². The Bertz CT molecular complexity index is 386. The molecule has 0 radical (unpaired) electrons. The van der Waals surface area contributed by atoms with Crippen molar-refractivity contribution in [2.24, 2.45) is 11.8 Å². The molecule has 0 aromatic carbocycles.